The van der Waals surface area contributed by atoms with Crippen molar-refractivity contribution in [1.82, 2.24) is 0 Å². The van der Waals surface area contributed by atoms with Crippen LogP contribution in [0.25, 0.3) is 6.08 Å². The molecule has 2 aromatic rings. The number of nitro groups is 1. The molecule has 0 aliphatic carbocycles. The van der Waals surface area contributed by atoms with E-state index in [9.17, 15) is 14.9 Å². The van der Waals surface area contributed by atoms with Gasteiger partial charge < -0.3 is 18.9 Å². The van der Waals surface area contributed by atoms with Crippen LogP contribution in [0, 0.1) is 10.1 Å². The molecule has 0 spiro atoms. The quantitative estimate of drug-likeness (QED) is 0.256. The molecule has 2 aromatic carbocycles. The van der Waals surface area contributed by atoms with E-state index in [4.69, 9.17) is 18.9 Å². The molecule has 0 amide bonds. The number of nitrogens with zero attached hydrogens (tertiary/aromatic N) is 1. The number of halogens is 1. The molecule has 0 fully saturated rings. The second-order valence-electron chi connectivity index (χ2n) is 5.42. The Hall–Kier alpha value is -3.07. The molecular weight excluding hydrogens is 434 g/mol. The molecular formula is C19H18BrNO7. The van der Waals surface area contributed by atoms with Crippen LogP contribution in [0.3, 0.4) is 0 Å². The highest BCUT2D eigenvalue weighted by Crippen LogP contribution is 2.39. The molecule has 0 heterocycles. The van der Waals surface area contributed by atoms with Gasteiger partial charge in [0.15, 0.2) is 23.0 Å². The topological polar surface area (TPSA) is 97.1 Å². The number of hydrogen-bond donors (Lipinski definition) is 0. The summed E-state index contributed by atoms with van der Waals surface area (Å²) in [6, 6.07) is 7.35. The zero-order chi connectivity index (χ0) is 20.8. The Balaban J connectivity index is 2.44. The van der Waals surface area contributed by atoms with Gasteiger partial charge >= 0.3 is 5.69 Å². The molecule has 28 heavy (non-hydrogen) atoms. The largest absolute Gasteiger partial charge is 0.493 e. The summed E-state index contributed by atoms with van der Waals surface area (Å²) in [4.78, 5) is 23.3. The Bertz CT molecular complexity index is 915. The molecule has 2 rings (SSSR count). The van der Waals surface area contributed by atoms with Crippen LogP contribution in [0.4, 0.5) is 5.69 Å². The number of nitro benzene ring substituents is 1. The van der Waals surface area contributed by atoms with Crippen LogP contribution in [0.15, 0.2) is 34.8 Å². The molecule has 0 bridgehead atoms. The van der Waals surface area contributed by atoms with Gasteiger partial charge in [0.1, 0.15) is 0 Å². The molecule has 0 aromatic heterocycles. The first-order chi connectivity index (χ1) is 13.4. The third-order valence-corrected chi connectivity index (χ3v) is 4.42. The first kappa shape index (κ1) is 21.2. The van der Waals surface area contributed by atoms with E-state index in [-0.39, 0.29) is 21.5 Å². The van der Waals surface area contributed by atoms with E-state index in [1.165, 1.54) is 46.6 Å². The van der Waals surface area contributed by atoms with E-state index in [1.807, 2.05) is 0 Å². The first-order valence-corrected chi connectivity index (χ1v) is 8.69. The minimum Gasteiger partial charge on any atom is -0.493 e. The normalized spacial score (nSPS) is 11.0. The number of ketones is 1. The molecule has 0 unspecified atom stereocenters. The van der Waals surface area contributed by atoms with E-state index in [0.717, 1.165) is 0 Å². The number of carbonyl (C=O) groups excluding carboxylic acids is 1. The fraction of sp³-hybridized carbons (Fsp3) is 0.211. The lowest BCUT2D eigenvalue weighted by Crippen LogP contribution is -2.02. The molecule has 8 nitrogen and oxygen atoms in total. The van der Waals surface area contributed by atoms with Gasteiger partial charge in [-0.15, -0.1) is 0 Å². The van der Waals surface area contributed by atoms with Gasteiger partial charge in [-0.05, 0) is 51.8 Å². The van der Waals surface area contributed by atoms with Crippen molar-refractivity contribution in [2.24, 2.45) is 0 Å². The minimum atomic E-state index is -0.605. The van der Waals surface area contributed by atoms with Crippen molar-refractivity contribution < 1.29 is 28.7 Å². The van der Waals surface area contributed by atoms with E-state index >= 15 is 0 Å². The van der Waals surface area contributed by atoms with Crippen LogP contribution in [0.1, 0.15) is 15.9 Å². The maximum Gasteiger partial charge on any atom is 0.311 e. The number of ether oxygens (including phenoxy) is 4. The Kier molecular flexibility index (Phi) is 7.00. The van der Waals surface area contributed by atoms with E-state index < -0.39 is 10.7 Å². The number of rotatable bonds is 8. The highest BCUT2D eigenvalue weighted by atomic mass is 79.9. The smallest absolute Gasteiger partial charge is 0.311 e. The molecule has 0 aliphatic heterocycles. The lowest BCUT2D eigenvalue weighted by atomic mass is 10.1. The SMILES string of the molecule is COc1ccc(C(=O)C(Br)=Cc2cc(OC)c(OC)c(OC)c2)cc1[N+](=O)[O-]. The Morgan fingerprint density at radius 1 is 0.964 bits per heavy atom. The number of carbonyl (C=O) groups is 1. The average Bonchev–Trinajstić information content (AvgIpc) is 2.71. The fourth-order valence-electron chi connectivity index (χ4n) is 2.51. The third-order valence-electron chi connectivity index (χ3n) is 3.84. The summed E-state index contributed by atoms with van der Waals surface area (Å²) in [7, 11) is 5.79. The monoisotopic (exact) mass is 451 g/mol. The van der Waals surface area contributed by atoms with Crippen LogP contribution >= 0.6 is 15.9 Å². The van der Waals surface area contributed by atoms with E-state index in [1.54, 1.807) is 18.2 Å². The summed E-state index contributed by atoms with van der Waals surface area (Å²) >= 11 is 3.24. The van der Waals surface area contributed by atoms with Gasteiger partial charge in [0, 0.05) is 11.6 Å². The second-order valence-corrected chi connectivity index (χ2v) is 6.28. The standard InChI is InChI=1S/C19H18BrNO7/c1-25-15-6-5-12(10-14(15)21(23)24)18(22)13(20)7-11-8-16(26-2)19(28-4)17(9-11)27-3/h5-10H,1-4H3. The summed E-state index contributed by atoms with van der Waals surface area (Å²) in [5.74, 6) is 0.933. The number of methoxy groups -OCH3 is 4. The van der Waals surface area contributed by atoms with Gasteiger partial charge in [0.2, 0.25) is 5.75 Å². The molecule has 9 heteroatoms. The lowest BCUT2D eigenvalue weighted by Gasteiger charge is -2.13. The molecule has 0 saturated heterocycles. The van der Waals surface area contributed by atoms with Crippen molar-refractivity contribution in [2.45, 2.75) is 0 Å². The van der Waals surface area contributed by atoms with Crippen LogP contribution in [0.2, 0.25) is 0 Å². The number of Topliss-reactive ketones (excluding diaryl/α,β-unsaturated/α-hetero) is 1. The summed E-state index contributed by atoms with van der Waals surface area (Å²) in [6.07, 6.45) is 1.56. The van der Waals surface area contributed by atoms with Crippen LogP contribution in [-0.4, -0.2) is 39.1 Å². The van der Waals surface area contributed by atoms with E-state index in [2.05, 4.69) is 15.9 Å². The van der Waals surface area contributed by atoms with Gasteiger partial charge in [0.05, 0.1) is 37.8 Å². The zero-order valence-corrected chi connectivity index (χ0v) is 17.2. The Morgan fingerprint density at radius 2 is 1.54 bits per heavy atom. The minimum absolute atomic E-state index is 0.0753. The average molecular weight is 452 g/mol. The van der Waals surface area contributed by atoms with E-state index in [0.29, 0.717) is 22.8 Å². The Morgan fingerprint density at radius 3 is 2.00 bits per heavy atom. The summed E-state index contributed by atoms with van der Waals surface area (Å²) in [5, 5.41) is 11.2. The van der Waals surface area contributed by atoms with Crippen molar-refractivity contribution in [1.29, 1.82) is 0 Å². The number of hydrogen-bond acceptors (Lipinski definition) is 7. The fourth-order valence-corrected chi connectivity index (χ4v) is 3.00. The molecule has 0 radical (unpaired) electrons. The highest BCUT2D eigenvalue weighted by Gasteiger charge is 2.20. The van der Waals surface area contributed by atoms with Gasteiger partial charge in [-0.2, -0.15) is 0 Å². The summed E-state index contributed by atoms with van der Waals surface area (Å²) in [5.41, 5.74) is 0.460. The molecule has 0 atom stereocenters. The van der Waals surface area contributed by atoms with Crippen LogP contribution < -0.4 is 18.9 Å². The highest BCUT2D eigenvalue weighted by molar-refractivity contribution is 9.12. The predicted octanol–water partition coefficient (Wildman–Crippen LogP) is 4.25. The maximum absolute atomic E-state index is 12.7. The maximum atomic E-state index is 12.7. The van der Waals surface area contributed by atoms with Gasteiger partial charge in [-0.3, -0.25) is 14.9 Å². The van der Waals surface area contributed by atoms with Crippen LogP contribution in [0.5, 0.6) is 23.0 Å². The molecule has 0 N–H and O–H groups in total. The Labute approximate surface area is 169 Å². The number of allylic oxidation sites excluding steroid dienone is 1. The van der Waals surface area contributed by atoms with Gasteiger partial charge in [-0.1, -0.05) is 0 Å². The van der Waals surface area contributed by atoms with Crippen LogP contribution in [-0.2, 0) is 0 Å². The van der Waals surface area contributed by atoms with Crippen molar-refractivity contribution in [2.75, 3.05) is 28.4 Å². The molecule has 148 valence electrons. The second kappa shape index (κ2) is 9.23. The van der Waals surface area contributed by atoms with Gasteiger partial charge in [0.25, 0.3) is 0 Å². The summed E-state index contributed by atoms with van der Waals surface area (Å²) in [6.45, 7) is 0. The van der Waals surface area contributed by atoms with Crippen molar-refractivity contribution in [3.63, 3.8) is 0 Å². The third kappa shape index (κ3) is 4.42. The van der Waals surface area contributed by atoms with Gasteiger partial charge in [-0.25, -0.2) is 0 Å². The predicted molar refractivity (Wildman–Crippen MR) is 107 cm³/mol. The van der Waals surface area contributed by atoms with Crippen molar-refractivity contribution in [3.05, 3.63) is 56.1 Å². The number of benzene rings is 2. The summed E-state index contributed by atoms with van der Waals surface area (Å²) < 4.78 is 21.0. The zero-order valence-electron chi connectivity index (χ0n) is 15.6. The first-order valence-electron chi connectivity index (χ1n) is 7.90. The van der Waals surface area contributed by atoms with Crippen molar-refractivity contribution in [3.8, 4) is 23.0 Å². The molecule has 0 aliphatic rings. The lowest BCUT2D eigenvalue weighted by molar-refractivity contribution is -0.385. The van der Waals surface area contributed by atoms with Crippen molar-refractivity contribution >= 4 is 33.5 Å². The molecule has 0 saturated carbocycles.